The minimum Gasteiger partial charge on any atom is -0.397 e. The number of anilines is 2. The fourth-order valence-corrected chi connectivity index (χ4v) is 9.91. The number of carbonyl (C=O) groups excluding carboxylic acids is 3. The predicted octanol–water partition coefficient (Wildman–Crippen LogP) is 5.01. The monoisotopic (exact) mass is 735 g/mol. The van der Waals surface area contributed by atoms with Crippen LogP contribution in [-0.2, 0) is 28.6 Å². The molecule has 1 aromatic heterocycles. The lowest BCUT2D eigenvalue weighted by molar-refractivity contribution is -0.143. The number of piperidine rings is 2. The van der Waals surface area contributed by atoms with Crippen molar-refractivity contribution in [1.29, 1.82) is 0 Å². The molecule has 7 rings (SSSR count). The summed E-state index contributed by atoms with van der Waals surface area (Å²) in [6.45, 7) is 4.66. The Morgan fingerprint density at radius 2 is 1.68 bits per heavy atom. The molecule has 0 saturated carbocycles. The zero-order chi connectivity index (χ0) is 35.3. The number of alkyl halides is 3. The summed E-state index contributed by atoms with van der Waals surface area (Å²) in [5.74, 6) is -1.29. The molecular weight excluding hydrogens is 691 g/mol. The number of nitrogens with zero attached hydrogens (tertiary/aromatic N) is 5. The molecule has 15 heteroatoms. The number of rotatable bonds is 7. The summed E-state index contributed by atoms with van der Waals surface area (Å²) in [4.78, 5) is 51.4. The smallest absolute Gasteiger partial charge is 0.397 e. The van der Waals surface area contributed by atoms with Crippen molar-refractivity contribution in [3.8, 4) is 0 Å². The first-order valence-corrected chi connectivity index (χ1v) is 19.0. The van der Waals surface area contributed by atoms with Crippen LogP contribution in [0.15, 0.2) is 22.9 Å². The first-order chi connectivity index (χ1) is 23.9. The summed E-state index contributed by atoms with van der Waals surface area (Å²) in [6, 6.07) is 3.71. The molecule has 50 heavy (non-hydrogen) atoms. The van der Waals surface area contributed by atoms with E-state index in [1.54, 1.807) is 21.1 Å². The summed E-state index contributed by atoms with van der Waals surface area (Å²) >= 11 is 7.72. The van der Waals surface area contributed by atoms with Crippen LogP contribution in [0, 0.1) is 5.92 Å². The molecule has 3 atom stereocenters. The van der Waals surface area contributed by atoms with E-state index in [0.717, 1.165) is 49.7 Å². The normalized spacial score (nSPS) is 24.7. The van der Waals surface area contributed by atoms with Crippen LogP contribution in [-0.4, -0.2) is 119 Å². The Kier molecular flexibility index (Phi) is 10.0. The molecule has 4 amide bonds. The molecule has 0 aliphatic carbocycles. The van der Waals surface area contributed by atoms with Crippen LogP contribution < -0.4 is 11.1 Å². The van der Waals surface area contributed by atoms with Crippen molar-refractivity contribution in [2.45, 2.75) is 81.7 Å². The van der Waals surface area contributed by atoms with E-state index in [4.69, 9.17) is 17.3 Å². The van der Waals surface area contributed by atoms with E-state index in [1.165, 1.54) is 12.5 Å². The number of hydrogen-bond donors (Lipinski definition) is 2. The van der Waals surface area contributed by atoms with E-state index < -0.39 is 23.3 Å². The number of likely N-dealkylation sites (N-methyl/N-ethyl adjacent to an activating group) is 1. The van der Waals surface area contributed by atoms with E-state index in [0.29, 0.717) is 63.7 Å². The van der Waals surface area contributed by atoms with Gasteiger partial charge < -0.3 is 30.7 Å². The molecule has 0 spiro atoms. The minimum atomic E-state index is -4.72. The number of likely N-dealkylation sites (tertiary alicyclic amines) is 4. The number of benzene rings is 1. The molecule has 272 valence electrons. The number of thiophene rings is 1. The fraction of sp³-hybridized carbons (Fsp3) is 0.629. The summed E-state index contributed by atoms with van der Waals surface area (Å²) in [7, 11) is 2.17. The summed E-state index contributed by atoms with van der Waals surface area (Å²) in [5.41, 5.74) is 6.30. The Hall–Kier alpha value is -3.07. The lowest BCUT2D eigenvalue weighted by atomic mass is 9.91. The zero-order valence-corrected chi connectivity index (χ0v) is 29.8. The van der Waals surface area contributed by atoms with Gasteiger partial charge in [0.05, 0.1) is 27.9 Å². The van der Waals surface area contributed by atoms with Gasteiger partial charge in [0.2, 0.25) is 11.8 Å². The van der Waals surface area contributed by atoms with Crippen molar-refractivity contribution in [3.63, 3.8) is 0 Å². The number of hydrogen-bond acceptors (Lipinski definition) is 7. The number of halogens is 4. The van der Waals surface area contributed by atoms with Crippen LogP contribution in [0.2, 0.25) is 5.02 Å². The zero-order valence-electron chi connectivity index (χ0n) is 28.3. The van der Waals surface area contributed by atoms with Crippen LogP contribution in [0.3, 0.4) is 0 Å². The van der Waals surface area contributed by atoms with E-state index in [-0.39, 0.29) is 47.3 Å². The number of nitrogens with two attached hydrogens (primary N) is 1. The second-order valence-electron chi connectivity index (χ2n) is 14.7. The van der Waals surface area contributed by atoms with Crippen LogP contribution >= 0.6 is 22.9 Å². The minimum absolute atomic E-state index is 0.0191. The molecule has 2 unspecified atom stereocenters. The van der Waals surface area contributed by atoms with Gasteiger partial charge in [-0.25, -0.2) is 4.79 Å². The van der Waals surface area contributed by atoms with Gasteiger partial charge in [0, 0.05) is 81.8 Å². The van der Waals surface area contributed by atoms with Gasteiger partial charge in [-0.15, -0.1) is 11.3 Å². The third-order valence-corrected chi connectivity index (χ3v) is 12.8. The molecule has 2 bridgehead atoms. The predicted molar refractivity (Wildman–Crippen MR) is 187 cm³/mol. The number of urea groups is 1. The Bertz CT molecular complexity index is 1610. The number of piperazine rings is 1. The van der Waals surface area contributed by atoms with Gasteiger partial charge in [-0.1, -0.05) is 11.6 Å². The average Bonchev–Trinajstić information content (AvgIpc) is 3.79. The quantitative estimate of drug-likeness (QED) is 0.388. The maximum atomic E-state index is 14.2. The van der Waals surface area contributed by atoms with Crippen molar-refractivity contribution in [3.05, 3.63) is 44.6 Å². The van der Waals surface area contributed by atoms with Crippen molar-refractivity contribution >= 4 is 52.2 Å². The van der Waals surface area contributed by atoms with Gasteiger partial charge in [0.15, 0.2) is 0 Å². The van der Waals surface area contributed by atoms with Crippen LogP contribution in [0.25, 0.3) is 0 Å². The van der Waals surface area contributed by atoms with Gasteiger partial charge in [-0.05, 0) is 80.6 Å². The third-order valence-electron chi connectivity index (χ3n) is 11.7. The standard InChI is InChI=1S/C35H45ClF3N7O3S/c1-42-17-27-16-26(42)18-46(27)25-5-9-44(10-6-25)33(48)23(12-21-13-28(35(37,38)39)32(40)29(36)14-21)15-31(47)43-7-3-24(4-8-43)45-11-2-22-19-50-20-30(22)41-34(45)49/h13-14,19-20,23-27H,2-12,15-18,40H2,1H3,(H,41,49)/t23-,26?,27?/m0/s1. The summed E-state index contributed by atoms with van der Waals surface area (Å²) < 4.78 is 41.5. The summed E-state index contributed by atoms with van der Waals surface area (Å²) in [5, 5.41) is 6.77. The molecule has 1 aromatic carbocycles. The van der Waals surface area contributed by atoms with Crippen molar-refractivity contribution < 1.29 is 27.6 Å². The lowest BCUT2D eigenvalue weighted by Crippen LogP contribution is -2.54. The van der Waals surface area contributed by atoms with Crippen molar-refractivity contribution in [1.82, 2.24) is 24.5 Å². The number of fused-ring (bicyclic) bond motifs is 3. The van der Waals surface area contributed by atoms with Gasteiger partial charge in [0.1, 0.15) is 0 Å². The highest BCUT2D eigenvalue weighted by Gasteiger charge is 2.45. The maximum Gasteiger partial charge on any atom is 0.418 e. The van der Waals surface area contributed by atoms with Gasteiger partial charge in [0.25, 0.3) is 0 Å². The molecular formula is C35H45ClF3N7O3S. The van der Waals surface area contributed by atoms with Crippen LogP contribution in [0.4, 0.5) is 29.3 Å². The van der Waals surface area contributed by atoms with Gasteiger partial charge >= 0.3 is 12.2 Å². The Labute approximate surface area is 299 Å². The Morgan fingerprint density at radius 1 is 0.980 bits per heavy atom. The van der Waals surface area contributed by atoms with E-state index >= 15 is 0 Å². The second kappa shape index (κ2) is 14.2. The lowest BCUT2D eigenvalue weighted by Gasteiger charge is -2.42. The SMILES string of the molecule is CN1CC2CC1CN2C1CCN(C(=O)[C@H](CC(=O)N2CCC(N3CCc4cscc4NC3=O)CC2)Cc2cc(Cl)c(N)c(C(F)(F)F)c2)CC1. The fourth-order valence-electron chi connectivity index (χ4n) is 8.85. The molecule has 5 aliphatic heterocycles. The van der Waals surface area contributed by atoms with Gasteiger partial charge in [-0.3, -0.25) is 14.5 Å². The highest BCUT2D eigenvalue weighted by atomic mass is 35.5. The molecule has 0 radical (unpaired) electrons. The average molecular weight is 736 g/mol. The van der Waals surface area contributed by atoms with Gasteiger partial charge in [-0.2, -0.15) is 13.2 Å². The number of carbonyl (C=O) groups is 3. The van der Waals surface area contributed by atoms with E-state index in [2.05, 4.69) is 27.5 Å². The topological polar surface area (TPSA) is 105 Å². The third kappa shape index (κ3) is 7.18. The molecule has 3 N–H and O–H groups in total. The first-order valence-electron chi connectivity index (χ1n) is 17.7. The molecule has 4 saturated heterocycles. The molecule has 6 heterocycles. The van der Waals surface area contributed by atoms with Crippen LogP contribution in [0.1, 0.15) is 55.2 Å². The Balaban J connectivity index is 1.02. The number of nitrogen functional groups attached to an aromatic ring is 1. The summed E-state index contributed by atoms with van der Waals surface area (Å²) in [6.07, 6.45) is -0.0912. The largest absolute Gasteiger partial charge is 0.418 e. The molecule has 2 aromatic rings. The highest BCUT2D eigenvalue weighted by molar-refractivity contribution is 7.08. The number of amides is 4. The van der Waals surface area contributed by atoms with E-state index in [9.17, 15) is 27.6 Å². The Morgan fingerprint density at radius 3 is 2.34 bits per heavy atom. The molecule has 10 nitrogen and oxygen atoms in total. The van der Waals surface area contributed by atoms with Crippen LogP contribution in [0.5, 0.6) is 0 Å². The number of nitrogens with one attached hydrogen (secondary N) is 1. The second-order valence-corrected chi connectivity index (χ2v) is 15.8. The van der Waals surface area contributed by atoms with Crippen molar-refractivity contribution in [2.75, 3.05) is 63.9 Å². The highest BCUT2D eigenvalue weighted by Crippen LogP contribution is 2.39. The molecule has 5 aliphatic rings. The first kappa shape index (κ1) is 35.3. The van der Waals surface area contributed by atoms with Crippen molar-refractivity contribution in [2.24, 2.45) is 5.92 Å². The van der Waals surface area contributed by atoms with E-state index in [1.807, 2.05) is 10.3 Å². The molecule has 4 fully saturated rings. The maximum absolute atomic E-state index is 14.2.